The zero-order valence-electron chi connectivity index (χ0n) is 18.2. The van der Waals surface area contributed by atoms with Crippen LogP contribution >= 0.6 is 0 Å². The third kappa shape index (κ3) is 5.38. The van der Waals surface area contributed by atoms with Crippen molar-refractivity contribution >= 4 is 30.4 Å². The summed E-state index contributed by atoms with van der Waals surface area (Å²) < 4.78 is 100. The molecule has 0 aliphatic rings. The SMILES string of the molecule is O=S(=O)(O)c1cccc(-c2cc(-c3ccccc3S(=O)(=O)O)cc(-c3ccccc3S(=O)(=O)O)c2)c1. The van der Waals surface area contributed by atoms with Crippen molar-refractivity contribution in [2.75, 3.05) is 0 Å². The maximum absolute atomic E-state index is 12.0. The Labute approximate surface area is 207 Å². The summed E-state index contributed by atoms with van der Waals surface area (Å²) in [6.07, 6.45) is 0. The van der Waals surface area contributed by atoms with Gasteiger partial charge in [0, 0.05) is 11.1 Å². The molecule has 0 aliphatic carbocycles. The van der Waals surface area contributed by atoms with Gasteiger partial charge < -0.3 is 0 Å². The van der Waals surface area contributed by atoms with Crippen molar-refractivity contribution in [1.82, 2.24) is 0 Å². The minimum absolute atomic E-state index is 0.0957. The van der Waals surface area contributed by atoms with Crippen LogP contribution in [-0.4, -0.2) is 38.9 Å². The average molecular weight is 547 g/mol. The van der Waals surface area contributed by atoms with E-state index in [0.29, 0.717) is 11.1 Å². The minimum atomic E-state index is -4.64. The molecule has 0 aromatic heterocycles. The normalized spacial score (nSPS) is 12.4. The molecule has 0 unspecified atom stereocenters. The number of hydrogen-bond acceptors (Lipinski definition) is 6. The molecule has 4 aromatic rings. The Morgan fingerprint density at radius 2 is 0.861 bits per heavy atom. The smallest absolute Gasteiger partial charge is 0.282 e. The lowest BCUT2D eigenvalue weighted by Gasteiger charge is -2.15. The Morgan fingerprint density at radius 3 is 1.31 bits per heavy atom. The van der Waals surface area contributed by atoms with Gasteiger partial charge in [0.2, 0.25) is 0 Å². The summed E-state index contributed by atoms with van der Waals surface area (Å²) in [5.41, 5.74) is 1.33. The molecular formula is C24H18O9S3. The van der Waals surface area contributed by atoms with E-state index in [9.17, 15) is 38.9 Å². The molecule has 0 spiro atoms. The van der Waals surface area contributed by atoms with Crippen molar-refractivity contribution in [1.29, 1.82) is 0 Å². The first-order valence-corrected chi connectivity index (χ1v) is 14.4. The van der Waals surface area contributed by atoms with Gasteiger partial charge in [0.1, 0.15) is 9.79 Å². The van der Waals surface area contributed by atoms with E-state index in [1.54, 1.807) is 18.2 Å². The third-order valence-corrected chi connectivity index (χ3v) is 8.02. The standard InChI is InChI=1S/C24H18O9S3/c25-34(26,27)20-7-5-6-16(15-20)17-12-18(21-8-1-3-10-23(21)35(28,29)30)14-19(13-17)22-9-2-4-11-24(22)36(31,32)33/h1-15H,(H,25,26,27)(H,28,29,30)(H,31,32,33). The van der Waals surface area contributed by atoms with Crippen molar-refractivity contribution < 1.29 is 38.9 Å². The van der Waals surface area contributed by atoms with E-state index in [4.69, 9.17) is 0 Å². The molecule has 0 aliphatic heterocycles. The first kappa shape index (κ1) is 25.7. The lowest BCUT2D eigenvalue weighted by atomic mass is 9.93. The lowest BCUT2D eigenvalue weighted by molar-refractivity contribution is 0.481. The van der Waals surface area contributed by atoms with Crippen LogP contribution in [-0.2, 0) is 30.4 Å². The largest absolute Gasteiger partial charge is 0.295 e. The highest BCUT2D eigenvalue weighted by Gasteiger charge is 2.21. The fourth-order valence-corrected chi connectivity index (χ4v) is 5.76. The van der Waals surface area contributed by atoms with Crippen molar-refractivity contribution in [3.63, 3.8) is 0 Å². The van der Waals surface area contributed by atoms with Crippen molar-refractivity contribution in [3.8, 4) is 33.4 Å². The van der Waals surface area contributed by atoms with Crippen LogP contribution in [0.2, 0.25) is 0 Å². The van der Waals surface area contributed by atoms with Gasteiger partial charge in [-0.1, -0.05) is 48.5 Å². The summed E-state index contributed by atoms with van der Waals surface area (Å²) in [4.78, 5) is -1.19. The predicted octanol–water partition coefficient (Wildman–Crippen LogP) is 4.43. The van der Waals surface area contributed by atoms with Crippen LogP contribution < -0.4 is 0 Å². The molecule has 3 N–H and O–H groups in total. The highest BCUT2D eigenvalue weighted by atomic mass is 32.2. The maximum atomic E-state index is 12.0. The van der Waals surface area contributed by atoms with Gasteiger partial charge in [0.05, 0.1) is 4.90 Å². The summed E-state index contributed by atoms with van der Waals surface area (Å²) >= 11 is 0. The Hall–Kier alpha value is -3.39. The zero-order chi connectivity index (χ0) is 26.3. The quantitative estimate of drug-likeness (QED) is 0.297. The molecule has 0 saturated carbocycles. The molecule has 36 heavy (non-hydrogen) atoms. The van der Waals surface area contributed by atoms with Crippen LogP contribution in [0.25, 0.3) is 33.4 Å². The topological polar surface area (TPSA) is 163 Å². The molecule has 0 fully saturated rings. The number of benzene rings is 4. The summed E-state index contributed by atoms with van der Waals surface area (Å²) in [5, 5.41) is 0. The molecule has 0 amide bonds. The van der Waals surface area contributed by atoms with Crippen LogP contribution in [0.3, 0.4) is 0 Å². The van der Waals surface area contributed by atoms with Crippen molar-refractivity contribution in [2.24, 2.45) is 0 Å². The molecule has 186 valence electrons. The first-order valence-electron chi connectivity index (χ1n) is 10.1. The molecule has 4 aromatic carbocycles. The molecule has 0 bridgehead atoms. The average Bonchev–Trinajstić information content (AvgIpc) is 2.82. The highest BCUT2D eigenvalue weighted by Crippen LogP contribution is 2.37. The molecule has 4 rings (SSSR count). The van der Waals surface area contributed by atoms with Gasteiger partial charge in [-0.15, -0.1) is 0 Å². The van der Waals surface area contributed by atoms with Crippen LogP contribution in [0, 0.1) is 0 Å². The molecule has 0 saturated heterocycles. The fraction of sp³-hybridized carbons (Fsp3) is 0. The van der Waals surface area contributed by atoms with E-state index in [0.717, 1.165) is 0 Å². The molecule has 12 heteroatoms. The molecule has 0 atom stereocenters. The Morgan fingerprint density at radius 1 is 0.417 bits per heavy atom. The van der Waals surface area contributed by atoms with E-state index in [-0.39, 0.29) is 27.1 Å². The first-order chi connectivity index (χ1) is 16.7. The van der Waals surface area contributed by atoms with Crippen LogP contribution in [0.1, 0.15) is 0 Å². The third-order valence-electron chi connectivity index (χ3n) is 5.35. The van der Waals surface area contributed by atoms with E-state index in [2.05, 4.69) is 0 Å². The van der Waals surface area contributed by atoms with Crippen LogP contribution in [0.4, 0.5) is 0 Å². The van der Waals surface area contributed by atoms with Gasteiger partial charge in [-0.05, 0) is 64.7 Å². The maximum Gasteiger partial charge on any atom is 0.295 e. The van der Waals surface area contributed by atoms with Crippen LogP contribution in [0.15, 0.2) is 106 Å². The van der Waals surface area contributed by atoms with E-state index < -0.39 is 40.1 Å². The summed E-state index contributed by atoms with van der Waals surface area (Å²) in [5.74, 6) is 0. The number of rotatable bonds is 6. The molecule has 0 radical (unpaired) electrons. The van der Waals surface area contributed by atoms with Gasteiger partial charge in [-0.2, -0.15) is 25.3 Å². The van der Waals surface area contributed by atoms with Gasteiger partial charge in [-0.3, -0.25) is 13.7 Å². The zero-order valence-corrected chi connectivity index (χ0v) is 20.6. The van der Waals surface area contributed by atoms with E-state index in [1.807, 2.05) is 0 Å². The molecular weight excluding hydrogens is 528 g/mol. The summed E-state index contributed by atoms with van der Waals surface area (Å²) in [7, 11) is -13.8. The van der Waals surface area contributed by atoms with Crippen molar-refractivity contribution in [2.45, 2.75) is 14.7 Å². The second kappa shape index (κ2) is 9.24. The molecule has 9 nitrogen and oxygen atoms in total. The van der Waals surface area contributed by atoms with Gasteiger partial charge in [0.15, 0.2) is 0 Å². The Balaban J connectivity index is 2.08. The predicted molar refractivity (Wildman–Crippen MR) is 132 cm³/mol. The summed E-state index contributed by atoms with van der Waals surface area (Å²) in [6, 6.07) is 21.0. The monoisotopic (exact) mass is 546 g/mol. The Bertz CT molecular complexity index is 1720. The second-order valence-corrected chi connectivity index (χ2v) is 11.9. The van der Waals surface area contributed by atoms with Crippen molar-refractivity contribution in [3.05, 3.63) is 91.0 Å². The fourth-order valence-electron chi connectivity index (χ4n) is 3.80. The number of hydrogen-bond donors (Lipinski definition) is 3. The van der Waals surface area contributed by atoms with E-state index >= 15 is 0 Å². The van der Waals surface area contributed by atoms with Gasteiger partial charge in [-0.25, -0.2) is 0 Å². The van der Waals surface area contributed by atoms with Gasteiger partial charge in [0.25, 0.3) is 30.4 Å². The van der Waals surface area contributed by atoms with E-state index in [1.165, 1.54) is 72.8 Å². The second-order valence-electron chi connectivity index (χ2n) is 7.74. The Kier molecular flexibility index (Phi) is 6.60. The highest BCUT2D eigenvalue weighted by molar-refractivity contribution is 7.86. The molecule has 0 heterocycles. The lowest BCUT2D eigenvalue weighted by Crippen LogP contribution is -2.02. The summed E-state index contributed by atoms with van der Waals surface area (Å²) in [6.45, 7) is 0. The van der Waals surface area contributed by atoms with Crippen LogP contribution in [0.5, 0.6) is 0 Å². The van der Waals surface area contributed by atoms with Gasteiger partial charge >= 0.3 is 0 Å². The minimum Gasteiger partial charge on any atom is -0.282 e.